The summed E-state index contributed by atoms with van der Waals surface area (Å²) in [6, 6.07) is 24.7. The third-order valence-electron chi connectivity index (χ3n) is 7.29. The Labute approximate surface area is 226 Å². The lowest BCUT2D eigenvalue weighted by atomic mass is 9.85. The van der Waals surface area contributed by atoms with Crippen LogP contribution in [0.1, 0.15) is 55.3 Å². The average molecular weight is 514 g/mol. The minimum atomic E-state index is -0.564. The first kappa shape index (κ1) is 27.2. The zero-order valence-electron chi connectivity index (χ0n) is 22.2. The average Bonchev–Trinajstić information content (AvgIpc) is 2.98. The van der Waals surface area contributed by atoms with Crippen molar-refractivity contribution in [3.8, 4) is 16.9 Å². The standard InChI is InChI=1S/C32H39N3O3/c1-38-29-18-16-28(17-19-29)33-21-22-34-32(37)30(20-15-24-9-4-2-5-10-24)35-31(36)27-14-8-13-26(23-27)25-11-6-3-7-12-25/h3,6-8,11-14,16-19,23-24,30,33H,2,4-5,9-10,15,20-22H2,1H3,(H,34,37)(H,35,36). The summed E-state index contributed by atoms with van der Waals surface area (Å²) in [6.45, 7) is 1.05. The highest BCUT2D eigenvalue weighted by Gasteiger charge is 2.23. The number of methoxy groups -OCH3 is 1. The topological polar surface area (TPSA) is 79.5 Å². The summed E-state index contributed by atoms with van der Waals surface area (Å²) in [5.41, 5.74) is 3.55. The van der Waals surface area contributed by atoms with Crippen molar-refractivity contribution < 1.29 is 14.3 Å². The molecule has 0 heterocycles. The minimum Gasteiger partial charge on any atom is -0.497 e. The number of hydrogen-bond donors (Lipinski definition) is 3. The molecule has 0 aromatic heterocycles. The fourth-order valence-corrected chi connectivity index (χ4v) is 5.08. The SMILES string of the molecule is COc1ccc(NCCNC(=O)C(CCC2CCCCC2)NC(=O)c2cccc(-c3ccccc3)c2)cc1. The van der Waals surface area contributed by atoms with Gasteiger partial charge in [-0.15, -0.1) is 0 Å². The molecule has 2 amide bonds. The van der Waals surface area contributed by atoms with E-state index < -0.39 is 6.04 Å². The number of rotatable bonds is 12. The third-order valence-corrected chi connectivity index (χ3v) is 7.29. The first-order chi connectivity index (χ1) is 18.6. The molecule has 6 heteroatoms. The number of carbonyl (C=O) groups excluding carboxylic acids is 2. The van der Waals surface area contributed by atoms with Crippen LogP contribution in [-0.2, 0) is 4.79 Å². The van der Waals surface area contributed by atoms with Gasteiger partial charge >= 0.3 is 0 Å². The second-order valence-electron chi connectivity index (χ2n) is 10.0. The van der Waals surface area contributed by atoms with Gasteiger partial charge in [-0.1, -0.05) is 74.6 Å². The molecule has 0 bridgehead atoms. The molecular weight excluding hydrogens is 474 g/mol. The number of hydrogen-bond acceptors (Lipinski definition) is 4. The van der Waals surface area contributed by atoms with Crippen molar-refractivity contribution in [3.05, 3.63) is 84.4 Å². The summed E-state index contributed by atoms with van der Waals surface area (Å²) in [7, 11) is 1.64. The van der Waals surface area contributed by atoms with Crippen molar-refractivity contribution in [1.82, 2.24) is 10.6 Å². The van der Waals surface area contributed by atoms with E-state index in [0.29, 0.717) is 31.0 Å². The third kappa shape index (κ3) is 8.10. The second-order valence-corrected chi connectivity index (χ2v) is 10.0. The molecular formula is C32H39N3O3. The first-order valence-electron chi connectivity index (χ1n) is 13.7. The van der Waals surface area contributed by atoms with Crippen LogP contribution in [0.15, 0.2) is 78.9 Å². The van der Waals surface area contributed by atoms with Gasteiger partial charge in [0.2, 0.25) is 5.91 Å². The number of amides is 2. The Hall–Kier alpha value is -3.80. The lowest BCUT2D eigenvalue weighted by Crippen LogP contribution is -2.47. The largest absolute Gasteiger partial charge is 0.497 e. The number of anilines is 1. The molecule has 38 heavy (non-hydrogen) atoms. The quantitative estimate of drug-likeness (QED) is 0.258. The van der Waals surface area contributed by atoms with Crippen LogP contribution in [0, 0.1) is 5.92 Å². The summed E-state index contributed by atoms with van der Waals surface area (Å²) in [5.74, 6) is 1.08. The molecule has 1 saturated carbocycles. The van der Waals surface area contributed by atoms with Crippen LogP contribution in [-0.4, -0.2) is 38.1 Å². The minimum absolute atomic E-state index is 0.134. The van der Waals surface area contributed by atoms with Gasteiger partial charge in [-0.3, -0.25) is 9.59 Å². The van der Waals surface area contributed by atoms with Crippen LogP contribution in [0.25, 0.3) is 11.1 Å². The van der Waals surface area contributed by atoms with Crippen LogP contribution in [0.4, 0.5) is 5.69 Å². The summed E-state index contributed by atoms with van der Waals surface area (Å²) in [4.78, 5) is 26.4. The molecule has 0 saturated heterocycles. The number of benzene rings is 3. The maximum absolute atomic E-state index is 13.2. The van der Waals surface area contributed by atoms with E-state index >= 15 is 0 Å². The molecule has 1 aliphatic carbocycles. The van der Waals surface area contributed by atoms with Crippen molar-refractivity contribution in [2.24, 2.45) is 5.92 Å². The molecule has 3 aromatic rings. The van der Waals surface area contributed by atoms with E-state index in [1.807, 2.05) is 72.8 Å². The number of ether oxygens (including phenoxy) is 1. The summed E-state index contributed by atoms with van der Waals surface area (Å²) in [6.07, 6.45) is 7.85. The summed E-state index contributed by atoms with van der Waals surface area (Å²) in [5, 5.41) is 9.36. The van der Waals surface area contributed by atoms with E-state index in [1.54, 1.807) is 13.2 Å². The molecule has 3 N–H and O–H groups in total. The molecule has 0 spiro atoms. The van der Waals surface area contributed by atoms with Gasteiger partial charge in [0.05, 0.1) is 7.11 Å². The Morgan fingerprint density at radius 3 is 2.34 bits per heavy atom. The van der Waals surface area contributed by atoms with Gasteiger partial charge < -0.3 is 20.7 Å². The highest BCUT2D eigenvalue weighted by molar-refractivity contribution is 5.98. The van der Waals surface area contributed by atoms with Crippen LogP contribution in [0.2, 0.25) is 0 Å². The van der Waals surface area contributed by atoms with Gasteiger partial charge in [-0.25, -0.2) is 0 Å². The van der Waals surface area contributed by atoms with Crippen LogP contribution in [0.3, 0.4) is 0 Å². The van der Waals surface area contributed by atoms with Crippen molar-refractivity contribution >= 4 is 17.5 Å². The predicted octanol–water partition coefficient (Wildman–Crippen LogP) is 6.05. The summed E-state index contributed by atoms with van der Waals surface area (Å²) >= 11 is 0. The zero-order chi connectivity index (χ0) is 26.6. The summed E-state index contributed by atoms with van der Waals surface area (Å²) < 4.78 is 5.19. The van der Waals surface area contributed by atoms with Crippen molar-refractivity contribution in [3.63, 3.8) is 0 Å². The van der Waals surface area contributed by atoms with E-state index in [-0.39, 0.29) is 11.8 Å². The van der Waals surface area contributed by atoms with Crippen molar-refractivity contribution in [2.75, 3.05) is 25.5 Å². The fourth-order valence-electron chi connectivity index (χ4n) is 5.08. The molecule has 3 aromatic carbocycles. The van der Waals surface area contributed by atoms with Gasteiger partial charge in [-0.05, 0) is 66.3 Å². The second kappa shape index (κ2) is 14.2. The number of carbonyl (C=O) groups is 2. The Morgan fingerprint density at radius 1 is 0.868 bits per heavy atom. The number of nitrogens with one attached hydrogen (secondary N) is 3. The van der Waals surface area contributed by atoms with Crippen LogP contribution >= 0.6 is 0 Å². The van der Waals surface area contributed by atoms with E-state index in [4.69, 9.17) is 4.74 Å². The molecule has 1 aliphatic rings. The fraction of sp³-hybridized carbons (Fsp3) is 0.375. The predicted molar refractivity (Wildman–Crippen MR) is 153 cm³/mol. The first-order valence-corrected chi connectivity index (χ1v) is 13.7. The Bertz CT molecular complexity index is 1160. The Balaban J connectivity index is 1.35. The van der Waals surface area contributed by atoms with Crippen LogP contribution in [0.5, 0.6) is 5.75 Å². The zero-order valence-corrected chi connectivity index (χ0v) is 22.2. The molecule has 200 valence electrons. The van der Waals surface area contributed by atoms with Crippen molar-refractivity contribution in [1.29, 1.82) is 0 Å². The molecule has 4 rings (SSSR count). The molecule has 1 fully saturated rings. The van der Waals surface area contributed by atoms with E-state index in [9.17, 15) is 9.59 Å². The lowest BCUT2D eigenvalue weighted by Gasteiger charge is -2.24. The Morgan fingerprint density at radius 2 is 1.61 bits per heavy atom. The molecule has 0 aliphatic heterocycles. The smallest absolute Gasteiger partial charge is 0.251 e. The van der Waals surface area contributed by atoms with Gasteiger partial charge in [-0.2, -0.15) is 0 Å². The van der Waals surface area contributed by atoms with E-state index in [0.717, 1.165) is 29.0 Å². The lowest BCUT2D eigenvalue weighted by molar-refractivity contribution is -0.123. The molecule has 0 radical (unpaired) electrons. The van der Waals surface area contributed by atoms with Gasteiger partial charge in [0.15, 0.2) is 0 Å². The molecule has 6 nitrogen and oxygen atoms in total. The maximum Gasteiger partial charge on any atom is 0.251 e. The Kier molecular flexibility index (Phi) is 10.2. The highest BCUT2D eigenvalue weighted by Crippen LogP contribution is 2.28. The van der Waals surface area contributed by atoms with Gasteiger partial charge in [0.25, 0.3) is 5.91 Å². The van der Waals surface area contributed by atoms with Gasteiger partial charge in [0.1, 0.15) is 11.8 Å². The molecule has 1 unspecified atom stereocenters. The highest BCUT2D eigenvalue weighted by atomic mass is 16.5. The monoisotopic (exact) mass is 513 g/mol. The van der Waals surface area contributed by atoms with Crippen molar-refractivity contribution in [2.45, 2.75) is 51.0 Å². The normalized spacial score (nSPS) is 14.3. The van der Waals surface area contributed by atoms with E-state index in [1.165, 1.54) is 32.1 Å². The molecule has 1 atom stereocenters. The maximum atomic E-state index is 13.2. The van der Waals surface area contributed by atoms with Gasteiger partial charge in [0, 0.05) is 24.3 Å². The van der Waals surface area contributed by atoms with Crippen LogP contribution < -0.4 is 20.7 Å². The van der Waals surface area contributed by atoms with E-state index in [2.05, 4.69) is 16.0 Å².